The fraction of sp³-hybridized carbons (Fsp3) is 0.455. The number of halogens is 3. The first-order chi connectivity index (χ1) is 7.99. The Kier molecular flexibility index (Phi) is 4.48. The van der Waals surface area contributed by atoms with Gasteiger partial charge in [0, 0.05) is 25.2 Å². The number of hydrogen-bond acceptors (Lipinski definition) is 3. The van der Waals surface area contributed by atoms with Crippen LogP contribution in [0.25, 0.3) is 0 Å². The standard InChI is InChI=1S/C11H15F3N2O/c1-3-16(4-2)9-6-10(17-11(13)14)7(12)5-8(9)15/h5-6,11H,3-4,15H2,1-2H3. The van der Waals surface area contributed by atoms with E-state index in [9.17, 15) is 13.2 Å². The van der Waals surface area contributed by atoms with E-state index < -0.39 is 18.2 Å². The first-order valence-electron chi connectivity index (χ1n) is 5.28. The molecule has 0 spiro atoms. The monoisotopic (exact) mass is 248 g/mol. The predicted octanol–water partition coefficient (Wildman–Crippen LogP) is 2.86. The summed E-state index contributed by atoms with van der Waals surface area (Å²) in [5, 5.41) is 0. The van der Waals surface area contributed by atoms with Crippen LogP contribution >= 0.6 is 0 Å². The van der Waals surface area contributed by atoms with Crippen molar-refractivity contribution >= 4 is 11.4 Å². The van der Waals surface area contributed by atoms with Crippen LogP contribution in [-0.2, 0) is 0 Å². The molecule has 17 heavy (non-hydrogen) atoms. The summed E-state index contributed by atoms with van der Waals surface area (Å²) in [6.07, 6.45) is 0. The smallest absolute Gasteiger partial charge is 0.387 e. The van der Waals surface area contributed by atoms with Gasteiger partial charge in [-0.3, -0.25) is 0 Å². The lowest BCUT2D eigenvalue weighted by Gasteiger charge is -2.23. The molecule has 0 bridgehead atoms. The highest BCUT2D eigenvalue weighted by Gasteiger charge is 2.15. The lowest BCUT2D eigenvalue weighted by molar-refractivity contribution is -0.0521. The number of nitrogens with two attached hydrogens (primary N) is 1. The molecule has 0 fully saturated rings. The summed E-state index contributed by atoms with van der Waals surface area (Å²) < 4.78 is 41.5. The van der Waals surface area contributed by atoms with Crippen molar-refractivity contribution in [2.45, 2.75) is 20.5 Å². The molecular formula is C11H15F3N2O. The summed E-state index contributed by atoms with van der Waals surface area (Å²) in [7, 11) is 0. The molecule has 6 heteroatoms. The van der Waals surface area contributed by atoms with Crippen molar-refractivity contribution in [3.8, 4) is 5.75 Å². The first kappa shape index (κ1) is 13.5. The molecule has 0 unspecified atom stereocenters. The fourth-order valence-corrected chi connectivity index (χ4v) is 1.58. The number of benzene rings is 1. The van der Waals surface area contributed by atoms with Gasteiger partial charge in [0.2, 0.25) is 0 Å². The maximum absolute atomic E-state index is 13.3. The molecule has 3 nitrogen and oxygen atoms in total. The molecule has 96 valence electrons. The number of anilines is 2. The van der Waals surface area contributed by atoms with E-state index in [4.69, 9.17) is 5.73 Å². The molecule has 0 heterocycles. The van der Waals surface area contributed by atoms with Crippen molar-refractivity contribution in [1.29, 1.82) is 0 Å². The van der Waals surface area contributed by atoms with Crippen LogP contribution in [0.1, 0.15) is 13.8 Å². The maximum atomic E-state index is 13.3. The third kappa shape index (κ3) is 3.18. The van der Waals surface area contributed by atoms with Gasteiger partial charge in [-0.05, 0) is 13.8 Å². The maximum Gasteiger partial charge on any atom is 0.387 e. The Hall–Kier alpha value is -1.59. The summed E-state index contributed by atoms with van der Waals surface area (Å²) in [5.41, 5.74) is 6.34. The average molecular weight is 248 g/mol. The molecular weight excluding hydrogens is 233 g/mol. The summed E-state index contributed by atoms with van der Waals surface area (Å²) in [6.45, 7) is 2.00. The second-order valence-electron chi connectivity index (χ2n) is 3.39. The molecule has 0 aliphatic carbocycles. The Morgan fingerprint density at radius 1 is 1.29 bits per heavy atom. The molecule has 0 aromatic heterocycles. The van der Waals surface area contributed by atoms with Crippen LogP contribution < -0.4 is 15.4 Å². The van der Waals surface area contributed by atoms with Gasteiger partial charge in [-0.2, -0.15) is 8.78 Å². The lowest BCUT2D eigenvalue weighted by atomic mass is 10.2. The van der Waals surface area contributed by atoms with E-state index in [-0.39, 0.29) is 5.69 Å². The minimum absolute atomic E-state index is 0.202. The van der Waals surface area contributed by atoms with Gasteiger partial charge in [-0.15, -0.1) is 0 Å². The van der Waals surface area contributed by atoms with E-state index in [0.29, 0.717) is 18.8 Å². The zero-order valence-corrected chi connectivity index (χ0v) is 9.71. The number of ether oxygens (including phenoxy) is 1. The van der Waals surface area contributed by atoms with Crippen molar-refractivity contribution in [2.75, 3.05) is 23.7 Å². The fourth-order valence-electron chi connectivity index (χ4n) is 1.58. The summed E-state index contributed by atoms with van der Waals surface area (Å²) in [5.74, 6) is -1.38. The van der Waals surface area contributed by atoms with Gasteiger partial charge in [-0.1, -0.05) is 0 Å². The molecule has 1 rings (SSSR count). The largest absolute Gasteiger partial charge is 0.432 e. The predicted molar refractivity (Wildman–Crippen MR) is 61.0 cm³/mol. The quantitative estimate of drug-likeness (QED) is 0.814. The number of nitrogen functional groups attached to an aromatic ring is 1. The van der Waals surface area contributed by atoms with Crippen LogP contribution in [0.5, 0.6) is 5.75 Å². The van der Waals surface area contributed by atoms with Crippen LogP contribution in [0, 0.1) is 5.82 Å². The first-order valence-corrected chi connectivity index (χ1v) is 5.28. The Balaban J connectivity index is 3.13. The third-order valence-corrected chi connectivity index (χ3v) is 2.40. The van der Waals surface area contributed by atoms with Crippen molar-refractivity contribution in [3.63, 3.8) is 0 Å². The van der Waals surface area contributed by atoms with Crippen molar-refractivity contribution in [1.82, 2.24) is 0 Å². The van der Waals surface area contributed by atoms with Gasteiger partial charge in [-0.25, -0.2) is 4.39 Å². The minimum atomic E-state index is -3.06. The molecule has 0 aliphatic rings. The number of hydrogen-bond donors (Lipinski definition) is 1. The van der Waals surface area contributed by atoms with E-state index in [2.05, 4.69) is 4.74 Å². The highest BCUT2D eigenvalue weighted by molar-refractivity contribution is 5.70. The third-order valence-electron chi connectivity index (χ3n) is 2.40. The van der Waals surface area contributed by atoms with Crippen molar-refractivity contribution < 1.29 is 17.9 Å². The number of alkyl halides is 2. The van der Waals surface area contributed by atoms with Crippen LogP contribution in [0.3, 0.4) is 0 Å². The molecule has 0 aliphatic heterocycles. The molecule has 2 N–H and O–H groups in total. The SMILES string of the molecule is CCN(CC)c1cc(OC(F)F)c(F)cc1N. The van der Waals surface area contributed by atoms with Crippen LogP contribution in [-0.4, -0.2) is 19.7 Å². The van der Waals surface area contributed by atoms with E-state index >= 15 is 0 Å². The second kappa shape index (κ2) is 5.65. The molecule has 0 atom stereocenters. The van der Waals surface area contributed by atoms with E-state index in [0.717, 1.165) is 6.07 Å². The lowest BCUT2D eigenvalue weighted by Crippen LogP contribution is -2.23. The Morgan fingerprint density at radius 3 is 2.35 bits per heavy atom. The zero-order valence-electron chi connectivity index (χ0n) is 9.71. The van der Waals surface area contributed by atoms with Crippen LogP contribution in [0.15, 0.2) is 12.1 Å². The number of nitrogens with zero attached hydrogens (tertiary/aromatic N) is 1. The van der Waals surface area contributed by atoms with Gasteiger partial charge in [0.15, 0.2) is 11.6 Å². The van der Waals surface area contributed by atoms with Gasteiger partial charge in [0.1, 0.15) is 0 Å². The van der Waals surface area contributed by atoms with Crippen LogP contribution in [0.4, 0.5) is 24.5 Å². The van der Waals surface area contributed by atoms with Crippen molar-refractivity contribution in [3.05, 3.63) is 17.9 Å². The second-order valence-corrected chi connectivity index (χ2v) is 3.39. The van der Waals surface area contributed by atoms with E-state index in [1.54, 1.807) is 0 Å². The van der Waals surface area contributed by atoms with E-state index in [1.165, 1.54) is 6.07 Å². The molecule has 1 aromatic carbocycles. The highest BCUT2D eigenvalue weighted by atomic mass is 19.3. The van der Waals surface area contributed by atoms with Gasteiger partial charge < -0.3 is 15.4 Å². The Morgan fingerprint density at radius 2 is 1.88 bits per heavy atom. The average Bonchev–Trinajstić information content (AvgIpc) is 2.25. The Bertz CT molecular complexity index is 381. The summed E-state index contributed by atoms with van der Waals surface area (Å²) >= 11 is 0. The topological polar surface area (TPSA) is 38.5 Å². The zero-order chi connectivity index (χ0) is 13.0. The summed E-state index contributed by atoms with van der Waals surface area (Å²) in [6, 6.07) is 2.19. The van der Waals surface area contributed by atoms with Crippen LogP contribution in [0.2, 0.25) is 0 Å². The van der Waals surface area contributed by atoms with Gasteiger partial charge in [0.25, 0.3) is 0 Å². The molecule has 1 aromatic rings. The van der Waals surface area contributed by atoms with Crippen molar-refractivity contribution in [2.24, 2.45) is 0 Å². The Labute approximate surface area is 98.0 Å². The molecule has 0 saturated carbocycles. The number of rotatable bonds is 5. The molecule has 0 radical (unpaired) electrons. The molecule has 0 saturated heterocycles. The normalized spacial score (nSPS) is 10.7. The summed E-state index contributed by atoms with van der Waals surface area (Å²) in [4.78, 5) is 1.83. The highest BCUT2D eigenvalue weighted by Crippen LogP contribution is 2.31. The van der Waals surface area contributed by atoms with Gasteiger partial charge >= 0.3 is 6.61 Å². The minimum Gasteiger partial charge on any atom is -0.432 e. The van der Waals surface area contributed by atoms with Gasteiger partial charge in [0.05, 0.1) is 11.4 Å². The van der Waals surface area contributed by atoms with E-state index in [1.807, 2.05) is 18.7 Å². The molecule has 0 amide bonds.